The fraction of sp³-hybridized carbons (Fsp3) is 0.462. The average Bonchev–Trinajstić information content (AvgIpc) is 2.34. The van der Waals surface area contributed by atoms with Gasteiger partial charge in [-0.05, 0) is 32.0 Å². The Kier molecular flexibility index (Phi) is 5.38. The molecular formula is C13H15F3O4. The number of hydrogen-bond donors (Lipinski definition) is 1. The summed E-state index contributed by atoms with van der Waals surface area (Å²) in [7, 11) is 0. The van der Waals surface area contributed by atoms with Gasteiger partial charge in [-0.3, -0.25) is 0 Å². The van der Waals surface area contributed by atoms with Crippen molar-refractivity contribution < 1.29 is 32.5 Å². The zero-order valence-corrected chi connectivity index (χ0v) is 11.0. The standard InChI is InChI=1S/C13H15F3O4/c1-3-19-7-8(2)20-9-4-5-11(13(14,15)16)10(6-9)12(17)18/h4-6,8H,3,7H2,1-2H3,(H,17,18). The van der Waals surface area contributed by atoms with Crippen molar-refractivity contribution in [3.05, 3.63) is 29.3 Å². The van der Waals surface area contributed by atoms with Gasteiger partial charge in [0.1, 0.15) is 11.9 Å². The second-order valence-electron chi connectivity index (χ2n) is 4.10. The number of halogens is 3. The molecule has 1 rings (SSSR count). The second-order valence-corrected chi connectivity index (χ2v) is 4.10. The lowest BCUT2D eigenvalue weighted by Crippen LogP contribution is -2.20. The third-order valence-corrected chi connectivity index (χ3v) is 2.42. The Balaban J connectivity index is 2.96. The zero-order chi connectivity index (χ0) is 15.3. The first kappa shape index (κ1) is 16.3. The van der Waals surface area contributed by atoms with E-state index in [9.17, 15) is 18.0 Å². The molecule has 0 radical (unpaired) electrons. The maximum Gasteiger partial charge on any atom is 0.417 e. The molecule has 1 aromatic rings. The maximum atomic E-state index is 12.6. The second kappa shape index (κ2) is 6.60. The number of benzene rings is 1. The van der Waals surface area contributed by atoms with E-state index in [1.165, 1.54) is 0 Å². The van der Waals surface area contributed by atoms with Crippen molar-refractivity contribution >= 4 is 5.97 Å². The summed E-state index contributed by atoms with van der Waals surface area (Å²) in [5.74, 6) is -1.59. The number of carbonyl (C=O) groups is 1. The first-order valence-electron chi connectivity index (χ1n) is 5.94. The molecule has 4 nitrogen and oxygen atoms in total. The Morgan fingerprint density at radius 2 is 2.05 bits per heavy atom. The lowest BCUT2D eigenvalue weighted by Gasteiger charge is -2.16. The molecule has 112 valence electrons. The number of alkyl halides is 3. The summed E-state index contributed by atoms with van der Waals surface area (Å²) < 4.78 is 48.4. The van der Waals surface area contributed by atoms with Crippen molar-refractivity contribution in [1.82, 2.24) is 0 Å². The van der Waals surface area contributed by atoms with Gasteiger partial charge in [0.15, 0.2) is 0 Å². The highest BCUT2D eigenvalue weighted by Gasteiger charge is 2.35. The molecular weight excluding hydrogens is 277 g/mol. The van der Waals surface area contributed by atoms with Crippen LogP contribution in [0.3, 0.4) is 0 Å². The normalized spacial score (nSPS) is 13.1. The van der Waals surface area contributed by atoms with Crippen LogP contribution in [0.1, 0.15) is 29.8 Å². The summed E-state index contributed by atoms with van der Waals surface area (Å²) in [5.41, 5.74) is -2.03. The number of ether oxygens (including phenoxy) is 2. The highest BCUT2D eigenvalue weighted by atomic mass is 19.4. The lowest BCUT2D eigenvalue weighted by molar-refractivity contribution is -0.138. The van der Waals surface area contributed by atoms with Crippen molar-refractivity contribution in [2.24, 2.45) is 0 Å². The van der Waals surface area contributed by atoms with Gasteiger partial charge in [-0.2, -0.15) is 13.2 Å². The zero-order valence-electron chi connectivity index (χ0n) is 11.0. The van der Waals surface area contributed by atoms with E-state index in [1.807, 2.05) is 0 Å². The third-order valence-electron chi connectivity index (χ3n) is 2.42. The maximum absolute atomic E-state index is 12.6. The van der Waals surface area contributed by atoms with Crippen LogP contribution in [0.15, 0.2) is 18.2 Å². The summed E-state index contributed by atoms with van der Waals surface area (Å²) in [5, 5.41) is 8.85. The summed E-state index contributed by atoms with van der Waals surface area (Å²) >= 11 is 0. The van der Waals surface area contributed by atoms with Crippen molar-refractivity contribution in [3.63, 3.8) is 0 Å². The van der Waals surface area contributed by atoms with Gasteiger partial charge in [0.05, 0.1) is 17.7 Å². The number of hydrogen-bond acceptors (Lipinski definition) is 3. The monoisotopic (exact) mass is 292 g/mol. The van der Waals surface area contributed by atoms with Gasteiger partial charge < -0.3 is 14.6 Å². The van der Waals surface area contributed by atoms with Crippen LogP contribution in [0, 0.1) is 0 Å². The molecule has 0 aliphatic rings. The van der Waals surface area contributed by atoms with Crippen LogP contribution in [-0.2, 0) is 10.9 Å². The lowest BCUT2D eigenvalue weighted by atomic mass is 10.1. The third kappa shape index (κ3) is 4.41. The van der Waals surface area contributed by atoms with Gasteiger partial charge in [-0.25, -0.2) is 4.79 Å². The van der Waals surface area contributed by atoms with Gasteiger partial charge in [0.25, 0.3) is 0 Å². The van der Waals surface area contributed by atoms with Crippen LogP contribution in [0.2, 0.25) is 0 Å². The van der Waals surface area contributed by atoms with Crippen molar-refractivity contribution in [2.45, 2.75) is 26.1 Å². The number of carboxylic acid groups (broad SMARTS) is 1. The minimum absolute atomic E-state index is 0.0580. The molecule has 0 aliphatic heterocycles. The number of carboxylic acids is 1. The Morgan fingerprint density at radius 3 is 2.55 bits per heavy atom. The molecule has 0 heterocycles. The molecule has 0 saturated heterocycles. The van der Waals surface area contributed by atoms with Gasteiger partial charge in [0.2, 0.25) is 0 Å². The van der Waals surface area contributed by atoms with Crippen molar-refractivity contribution in [2.75, 3.05) is 13.2 Å². The molecule has 0 bridgehead atoms. The van der Waals surface area contributed by atoms with Crippen LogP contribution in [0.4, 0.5) is 13.2 Å². The first-order chi connectivity index (χ1) is 9.25. The molecule has 1 unspecified atom stereocenters. The molecule has 7 heteroatoms. The van der Waals surface area contributed by atoms with E-state index in [0.29, 0.717) is 12.7 Å². The number of rotatable bonds is 6. The topological polar surface area (TPSA) is 55.8 Å². The summed E-state index contributed by atoms with van der Waals surface area (Å²) in [4.78, 5) is 10.9. The van der Waals surface area contributed by atoms with E-state index in [4.69, 9.17) is 14.6 Å². The summed E-state index contributed by atoms with van der Waals surface area (Å²) in [6.07, 6.45) is -5.11. The van der Waals surface area contributed by atoms with Gasteiger partial charge >= 0.3 is 12.1 Å². The molecule has 0 saturated carbocycles. The van der Waals surface area contributed by atoms with E-state index >= 15 is 0 Å². The van der Waals surface area contributed by atoms with E-state index < -0.39 is 29.4 Å². The molecule has 0 amide bonds. The van der Waals surface area contributed by atoms with Crippen LogP contribution in [0.25, 0.3) is 0 Å². The van der Waals surface area contributed by atoms with Crippen molar-refractivity contribution in [3.8, 4) is 5.75 Å². The van der Waals surface area contributed by atoms with E-state index in [-0.39, 0.29) is 12.4 Å². The van der Waals surface area contributed by atoms with Crippen LogP contribution in [-0.4, -0.2) is 30.4 Å². The van der Waals surface area contributed by atoms with Crippen LogP contribution >= 0.6 is 0 Å². The molecule has 0 fully saturated rings. The van der Waals surface area contributed by atoms with Crippen LogP contribution in [0.5, 0.6) is 5.75 Å². The molecule has 0 aliphatic carbocycles. The molecule has 1 atom stereocenters. The van der Waals surface area contributed by atoms with Gasteiger partial charge in [-0.1, -0.05) is 0 Å². The molecule has 20 heavy (non-hydrogen) atoms. The fourth-order valence-electron chi connectivity index (χ4n) is 1.57. The average molecular weight is 292 g/mol. The Morgan fingerprint density at radius 1 is 1.40 bits per heavy atom. The van der Waals surface area contributed by atoms with E-state index in [1.54, 1.807) is 13.8 Å². The Hall–Kier alpha value is -1.76. The SMILES string of the molecule is CCOCC(C)Oc1ccc(C(F)(F)F)c(C(=O)O)c1. The Labute approximate surface area is 114 Å². The molecule has 0 spiro atoms. The predicted octanol–water partition coefficient (Wildman–Crippen LogP) is 3.21. The predicted molar refractivity (Wildman–Crippen MR) is 65.0 cm³/mol. The first-order valence-corrected chi connectivity index (χ1v) is 5.94. The molecule has 1 aromatic carbocycles. The molecule has 1 N–H and O–H groups in total. The van der Waals surface area contributed by atoms with E-state index in [2.05, 4.69) is 0 Å². The smallest absolute Gasteiger partial charge is 0.417 e. The summed E-state index contributed by atoms with van der Waals surface area (Å²) in [6.45, 7) is 4.22. The van der Waals surface area contributed by atoms with E-state index in [0.717, 1.165) is 12.1 Å². The molecule has 0 aromatic heterocycles. The quantitative estimate of drug-likeness (QED) is 0.874. The highest BCUT2D eigenvalue weighted by Crippen LogP contribution is 2.34. The largest absolute Gasteiger partial charge is 0.488 e. The van der Waals surface area contributed by atoms with Gasteiger partial charge in [0, 0.05) is 6.61 Å². The minimum Gasteiger partial charge on any atom is -0.488 e. The van der Waals surface area contributed by atoms with Gasteiger partial charge in [-0.15, -0.1) is 0 Å². The minimum atomic E-state index is -4.72. The van der Waals surface area contributed by atoms with Crippen LogP contribution < -0.4 is 4.74 Å². The summed E-state index contributed by atoms with van der Waals surface area (Å²) in [6, 6.07) is 2.66. The fourth-order valence-corrected chi connectivity index (χ4v) is 1.57. The highest BCUT2D eigenvalue weighted by molar-refractivity contribution is 5.90. The Bertz CT molecular complexity index is 471. The number of aromatic carboxylic acids is 1. The van der Waals surface area contributed by atoms with Crippen molar-refractivity contribution in [1.29, 1.82) is 0 Å².